The zero-order chi connectivity index (χ0) is 22.9. The van der Waals surface area contributed by atoms with Crippen molar-refractivity contribution in [1.29, 1.82) is 0 Å². The van der Waals surface area contributed by atoms with Crippen LogP contribution in [0.4, 0.5) is 10.5 Å². The molecule has 0 radical (unpaired) electrons. The average molecular weight is 485 g/mol. The smallest absolute Gasteiger partial charge is 0.358 e. The number of amides is 2. The van der Waals surface area contributed by atoms with Crippen molar-refractivity contribution < 1.29 is 28.2 Å². The predicted octanol–water partition coefficient (Wildman–Crippen LogP) is 2.37. The van der Waals surface area contributed by atoms with Gasteiger partial charge in [-0.1, -0.05) is 17.7 Å². The van der Waals surface area contributed by atoms with E-state index in [2.05, 4.69) is 15.3 Å². The van der Waals surface area contributed by atoms with Crippen molar-refractivity contribution in [3.63, 3.8) is 0 Å². The number of urea groups is 1. The van der Waals surface area contributed by atoms with E-state index in [1.54, 1.807) is 0 Å². The number of nitrogens with one attached hydrogen (secondary N) is 3. The quantitative estimate of drug-likeness (QED) is 0.366. The lowest BCUT2D eigenvalue weighted by molar-refractivity contribution is 0.0686. The van der Waals surface area contributed by atoms with Gasteiger partial charge in [-0.05, 0) is 24.6 Å². The van der Waals surface area contributed by atoms with Crippen LogP contribution < -0.4 is 15.6 Å². The van der Waals surface area contributed by atoms with E-state index in [1.807, 2.05) is 4.72 Å². The van der Waals surface area contributed by atoms with Crippen LogP contribution in [-0.2, 0) is 10.0 Å². The minimum Gasteiger partial charge on any atom is -0.501 e. The fourth-order valence-corrected chi connectivity index (χ4v) is 4.70. The van der Waals surface area contributed by atoms with Crippen molar-refractivity contribution in [3.05, 3.63) is 55.6 Å². The number of carbonyl (C=O) groups excluding carboxylic acids is 1. The third-order valence-electron chi connectivity index (χ3n) is 4.00. The number of carbonyl (C=O) groups is 2. The summed E-state index contributed by atoms with van der Waals surface area (Å²) in [7, 11) is -4.25. The molecule has 11 nitrogen and oxygen atoms in total. The number of carboxylic acids is 1. The molecule has 0 atom stereocenters. The summed E-state index contributed by atoms with van der Waals surface area (Å²) < 4.78 is 26.9. The molecule has 0 saturated heterocycles. The molecule has 0 bridgehead atoms. The lowest BCUT2D eigenvalue weighted by Gasteiger charge is -2.11. The number of benzene rings is 1. The van der Waals surface area contributed by atoms with Crippen LogP contribution in [0, 0.1) is 6.92 Å². The first kappa shape index (κ1) is 22.3. The van der Waals surface area contributed by atoms with Gasteiger partial charge < -0.3 is 20.5 Å². The Bertz CT molecular complexity index is 1370. The van der Waals surface area contributed by atoms with Crippen LogP contribution in [0.2, 0.25) is 5.02 Å². The van der Waals surface area contributed by atoms with Crippen LogP contribution in [0.25, 0.3) is 11.4 Å². The number of halogens is 1. The van der Waals surface area contributed by atoms with Gasteiger partial charge in [0.05, 0.1) is 16.1 Å². The van der Waals surface area contributed by atoms with Crippen LogP contribution >= 0.6 is 22.9 Å². The largest absolute Gasteiger partial charge is 0.501 e. The Kier molecular flexibility index (Phi) is 6.01. The minimum atomic E-state index is -4.25. The lowest BCUT2D eigenvalue weighted by Crippen LogP contribution is -2.34. The molecule has 0 aliphatic heterocycles. The number of nitrogens with zero attached hydrogens (tertiary/aromatic N) is 1. The first-order valence-electron chi connectivity index (χ1n) is 8.23. The molecule has 2 amide bonds. The highest BCUT2D eigenvalue weighted by Gasteiger charge is 2.23. The molecular formula is C17H13ClN4O7S2. The van der Waals surface area contributed by atoms with Gasteiger partial charge in [-0.15, -0.1) is 11.3 Å². The molecule has 3 rings (SSSR count). The summed E-state index contributed by atoms with van der Waals surface area (Å²) in [4.78, 5) is 41.0. The van der Waals surface area contributed by atoms with Gasteiger partial charge in [0.25, 0.3) is 15.6 Å². The maximum atomic E-state index is 12.5. The van der Waals surface area contributed by atoms with Crippen LogP contribution in [0.3, 0.4) is 0 Å². The van der Waals surface area contributed by atoms with Gasteiger partial charge in [0.2, 0.25) is 5.75 Å². The molecule has 2 aromatic heterocycles. The summed E-state index contributed by atoms with van der Waals surface area (Å²) in [6.07, 6.45) is 0. The highest BCUT2D eigenvalue weighted by molar-refractivity contribution is 7.90. The minimum absolute atomic E-state index is 0.0469. The Morgan fingerprint density at radius 3 is 2.65 bits per heavy atom. The number of thiophene rings is 1. The standard InChI is InChI=1S/C17H13ClN4O7S2/c1-7-9(18)3-2-4-11(7)31(28,29)22-17(27)19-10-6-30-5-8(10)14-20-12(16(25)26)13(23)15(24)21-14/h2-6,23H,1H3,(H,25,26)(H2,19,22,27)(H,20,21,24). The molecule has 0 unspecified atom stereocenters. The van der Waals surface area contributed by atoms with Crippen LogP contribution in [0.15, 0.2) is 38.6 Å². The third kappa shape index (κ3) is 4.52. The number of H-pyrrole nitrogens is 1. The van der Waals surface area contributed by atoms with Gasteiger partial charge in [0, 0.05) is 15.8 Å². The molecule has 0 aliphatic rings. The number of rotatable bonds is 5. The Labute approximate surface area is 183 Å². The Balaban J connectivity index is 1.89. The maximum Gasteiger partial charge on any atom is 0.358 e. The average Bonchev–Trinajstić information content (AvgIpc) is 3.13. The second-order valence-corrected chi connectivity index (χ2v) is 8.84. The number of aromatic nitrogens is 2. The van der Waals surface area contributed by atoms with E-state index >= 15 is 0 Å². The van der Waals surface area contributed by atoms with Crippen molar-refractivity contribution in [3.8, 4) is 17.1 Å². The van der Waals surface area contributed by atoms with E-state index in [4.69, 9.17) is 16.7 Å². The van der Waals surface area contributed by atoms with Crippen molar-refractivity contribution in [2.24, 2.45) is 0 Å². The van der Waals surface area contributed by atoms with E-state index in [0.717, 1.165) is 11.3 Å². The van der Waals surface area contributed by atoms with Crippen molar-refractivity contribution in [2.45, 2.75) is 11.8 Å². The van der Waals surface area contributed by atoms with E-state index in [-0.39, 0.29) is 32.6 Å². The second kappa shape index (κ2) is 8.37. The van der Waals surface area contributed by atoms with Gasteiger partial charge in [-0.3, -0.25) is 4.79 Å². The summed E-state index contributed by atoms with van der Waals surface area (Å²) in [5.41, 5.74) is -1.56. The van der Waals surface area contributed by atoms with Gasteiger partial charge >= 0.3 is 12.0 Å². The normalized spacial score (nSPS) is 11.2. The summed E-state index contributed by atoms with van der Waals surface area (Å²) in [6, 6.07) is 3.10. The number of aromatic amines is 1. The zero-order valence-electron chi connectivity index (χ0n) is 15.5. The van der Waals surface area contributed by atoms with E-state index in [9.17, 15) is 27.9 Å². The van der Waals surface area contributed by atoms with Crippen LogP contribution in [0.5, 0.6) is 5.75 Å². The fourth-order valence-electron chi connectivity index (χ4n) is 2.52. The Morgan fingerprint density at radius 2 is 1.97 bits per heavy atom. The fraction of sp³-hybridized carbons (Fsp3) is 0.0588. The topological polar surface area (TPSA) is 179 Å². The summed E-state index contributed by atoms with van der Waals surface area (Å²) in [6.45, 7) is 1.48. The molecule has 14 heteroatoms. The molecule has 162 valence electrons. The second-order valence-electron chi connectivity index (χ2n) is 6.04. The zero-order valence-corrected chi connectivity index (χ0v) is 17.9. The Morgan fingerprint density at radius 1 is 1.26 bits per heavy atom. The molecule has 0 spiro atoms. The monoisotopic (exact) mass is 484 g/mol. The van der Waals surface area contributed by atoms with Crippen molar-refractivity contribution in [1.82, 2.24) is 14.7 Å². The Hall–Kier alpha value is -3.42. The third-order valence-corrected chi connectivity index (χ3v) is 6.63. The maximum absolute atomic E-state index is 12.5. The molecule has 1 aromatic carbocycles. The molecular weight excluding hydrogens is 472 g/mol. The number of aromatic hydroxyl groups is 1. The highest BCUT2D eigenvalue weighted by atomic mass is 35.5. The van der Waals surface area contributed by atoms with Gasteiger partial charge in [0.15, 0.2) is 5.69 Å². The summed E-state index contributed by atoms with van der Waals surface area (Å²) in [5.74, 6) is -2.94. The molecule has 0 saturated carbocycles. The summed E-state index contributed by atoms with van der Waals surface area (Å²) >= 11 is 7.00. The molecule has 0 fully saturated rings. The first-order chi connectivity index (χ1) is 14.5. The van der Waals surface area contributed by atoms with Crippen molar-refractivity contribution >= 4 is 50.6 Å². The highest BCUT2D eigenvalue weighted by Crippen LogP contribution is 2.30. The number of hydrogen-bond donors (Lipinski definition) is 5. The van der Waals surface area contributed by atoms with Gasteiger partial charge in [-0.2, -0.15) is 0 Å². The predicted molar refractivity (Wildman–Crippen MR) is 112 cm³/mol. The number of carboxylic acid groups (broad SMARTS) is 1. The molecule has 3 aromatic rings. The molecule has 2 heterocycles. The van der Waals surface area contributed by atoms with E-state index < -0.39 is 39.0 Å². The number of hydrogen-bond acceptors (Lipinski definition) is 8. The van der Waals surface area contributed by atoms with Gasteiger partial charge in [-0.25, -0.2) is 27.7 Å². The van der Waals surface area contributed by atoms with Crippen molar-refractivity contribution in [2.75, 3.05) is 5.32 Å². The molecule has 31 heavy (non-hydrogen) atoms. The van der Waals surface area contributed by atoms with E-state index in [0.29, 0.717) is 0 Å². The lowest BCUT2D eigenvalue weighted by atomic mass is 10.2. The SMILES string of the molecule is Cc1c(Cl)cccc1S(=O)(=O)NC(=O)Nc1cscc1-c1nc(C(=O)O)c(O)c(=O)[nH]1. The van der Waals surface area contributed by atoms with E-state index in [1.165, 1.54) is 35.9 Å². The number of anilines is 1. The van der Waals surface area contributed by atoms with Crippen LogP contribution in [0.1, 0.15) is 16.1 Å². The number of sulfonamides is 1. The summed E-state index contributed by atoms with van der Waals surface area (Å²) in [5, 5.41) is 24.0. The van der Waals surface area contributed by atoms with Gasteiger partial charge in [0.1, 0.15) is 5.82 Å². The van der Waals surface area contributed by atoms with Crippen LogP contribution in [-0.4, -0.2) is 40.6 Å². The molecule has 5 N–H and O–H groups in total. The first-order valence-corrected chi connectivity index (χ1v) is 11.0. The molecule has 0 aliphatic carbocycles. The number of aromatic carboxylic acids is 1.